The van der Waals surface area contributed by atoms with Crippen LogP contribution in [-0.4, -0.2) is 63.6 Å². The van der Waals surface area contributed by atoms with Gasteiger partial charge in [-0.2, -0.15) is 18.3 Å². The smallest absolute Gasteiger partial charge is 0.475 e. The van der Waals surface area contributed by atoms with Crippen molar-refractivity contribution in [1.82, 2.24) is 25.3 Å². The van der Waals surface area contributed by atoms with Crippen LogP contribution in [0.1, 0.15) is 12.6 Å². The number of benzene rings is 1. The third kappa shape index (κ3) is 6.92. The Hall–Kier alpha value is -2.79. The zero-order valence-electron chi connectivity index (χ0n) is 16.0. The molecule has 1 aliphatic rings. The minimum Gasteiger partial charge on any atom is -0.475 e. The second-order valence-corrected chi connectivity index (χ2v) is 6.87. The van der Waals surface area contributed by atoms with E-state index in [1.807, 2.05) is 41.4 Å². The van der Waals surface area contributed by atoms with E-state index >= 15 is 0 Å². The highest BCUT2D eigenvalue weighted by Crippen LogP contribution is 2.19. The summed E-state index contributed by atoms with van der Waals surface area (Å²) in [5.74, 6) is -2.76. The number of amides is 2. The number of nitrogens with zero attached hydrogens (tertiary/aromatic N) is 3. The molecule has 8 nitrogen and oxygen atoms in total. The molecule has 30 heavy (non-hydrogen) atoms. The molecule has 1 fully saturated rings. The molecular weight excluding hydrogens is 427 g/mol. The summed E-state index contributed by atoms with van der Waals surface area (Å²) in [6, 6.07) is 9.68. The number of para-hydroxylation sites is 1. The molecule has 0 bridgehead atoms. The molecule has 0 saturated carbocycles. The van der Waals surface area contributed by atoms with E-state index in [1.54, 1.807) is 4.68 Å². The first-order valence-corrected chi connectivity index (χ1v) is 9.31. The molecule has 0 spiro atoms. The van der Waals surface area contributed by atoms with Crippen LogP contribution in [0.3, 0.4) is 0 Å². The highest BCUT2D eigenvalue weighted by Gasteiger charge is 2.38. The number of carbonyl (C=O) groups is 2. The van der Waals surface area contributed by atoms with Crippen LogP contribution in [0, 0.1) is 0 Å². The van der Waals surface area contributed by atoms with Gasteiger partial charge in [0, 0.05) is 31.9 Å². The number of nitrogens with one attached hydrogen (secondary N) is 2. The number of hydrogen-bond acceptors (Lipinski definition) is 4. The van der Waals surface area contributed by atoms with Gasteiger partial charge in [-0.3, -0.25) is 0 Å². The van der Waals surface area contributed by atoms with Crippen molar-refractivity contribution in [2.75, 3.05) is 19.6 Å². The summed E-state index contributed by atoms with van der Waals surface area (Å²) in [5, 5.41) is 18.5. The van der Waals surface area contributed by atoms with Gasteiger partial charge in [0.15, 0.2) is 0 Å². The molecule has 0 radical (unpaired) electrons. The molecule has 1 aromatic carbocycles. The minimum absolute atomic E-state index is 0.0503. The number of hydrogen-bond donors (Lipinski definition) is 3. The molecule has 1 aliphatic heterocycles. The molecule has 2 heterocycles. The maximum absolute atomic E-state index is 12.2. The number of alkyl halides is 3. The van der Waals surface area contributed by atoms with Gasteiger partial charge < -0.3 is 20.6 Å². The Morgan fingerprint density at radius 1 is 1.33 bits per heavy atom. The molecule has 0 aliphatic carbocycles. The Kier molecular flexibility index (Phi) is 8.07. The normalized spacial score (nSPS) is 16.4. The first-order chi connectivity index (χ1) is 14.1. The third-order valence-electron chi connectivity index (χ3n) is 4.06. The fraction of sp³-hybridized carbons (Fsp3) is 0.389. The maximum atomic E-state index is 12.2. The predicted molar refractivity (Wildman–Crippen MR) is 104 cm³/mol. The Labute approximate surface area is 175 Å². The van der Waals surface area contributed by atoms with Gasteiger partial charge in [0.1, 0.15) is 0 Å². The molecule has 3 N–H and O–H groups in total. The number of carbonyl (C=O) groups excluding carboxylic acids is 1. The highest BCUT2D eigenvalue weighted by molar-refractivity contribution is 6.32. The quantitative estimate of drug-likeness (QED) is 0.671. The minimum atomic E-state index is -5.08. The monoisotopic (exact) mass is 447 g/mol. The lowest BCUT2D eigenvalue weighted by molar-refractivity contribution is -0.192. The summed E-state index contributed by atoms with van der Waals surface area (Å²) in [6.45, 7) is 4.75. The number of halogens is 4. The molecule has 1 atom stereocenters. The summed E-state index contributed by atoms with van der Waals surface area (Å²) in [4.78, 5) is 22.9. The van der Waals surface area contributed by atoms with E-state index in [4.69, 9.17) is 21.5 Å². The topological polar surface area (TPSA) is 99.5 Å². The molecule has 164 valence electrons. The molecule has 1 saturated heterocycles. The lowest BCUT2D eigenvalue weighted by Gasteiger charge is -2.31. The van der Waals surface area contributed by atoms with Crippen LogP contribution < -0.4 is 10.6 Å². The lowest BCUT2D eigenvalue weighted by atomic mass is 10.2. The van der Waals surface area contributed by atoms with Gasteiger partial charge in [-0.1, -0.05) is 23.7 Å². The van der Waals surface area contributed by atoms with Crippen molar-refractivity contribution in [1.29, 1.82) is 0 Å². The summed E-state index contributed by atoms with van der Waals surface area (Å²) in [6.07, 6.45) is -3.24. The van der Waals surface area contributed by atoms with E-state index in [-0.39, 0.29) is 6.03 Å². The largest absolute Gasteiger partial charge is 0.490 e. The van der Waals surface area contributed by atoms with Crippen LogP contribution in [-0.2, 0) is 11.3 Å². The summed E-state index contributed by atoms with van der Waals surface area (Å²) < 4.78 is 33.5. The van der Waals surface area contributed by atoms with E-state index in [2.05, 4.69) is 22.7 Å². The Morgan fingerprint density at radius 2 is 2.00 bits per heavy atom. The Morgan fingerprint density at radius 3 is 2.60 bits per heavy atom. The van der Waals surface area contributed by atoms with Gasteiger partial charge in [0.2, 0.25) is 0 Å². The second kappa shape index (κ2) is 10.3. The molecule has 12 heteroatoms. The number of aliphatic carboxylic acids is 1. The van der Waals surface area contributed by atoms with Gasteiger partial charge in [-0.15, -0.1) is 0 Å². The Bertz CT molecular complexity index is 875. The van der Waals surface area contributed by atoms with E-state index in [9.17, 15) is 18.0 Å². The number of urea groups is 1. The number of piperazine rings is 1. The fourth-order valence-electron chi connectivity index (χ4n) is 2.62. The molecule has 2 aromatic rings. The first kappa shape index (κ1) is 23.5. The molecule has 3 rings (SSSR count). The van der Waals surface area contributed by atoms with Gasteiger partial charge in [-0.05, 0) is 25.1 Å². The summed E-state index contributed by atoms with van der Waals surface area (Å²) >= 11 is 6.17. The number of rotatable bonds is 3. The van der Waals surface area contributed by atoms with Crippen molar-refractivity contribution in [3.8, 4) is 5.69 Å². The predicted octanol–water partition coefficient (Wildman–Crippen LogP) is 2.66. The van der Waals surface area contributed by atoms with Crippen molar-refractivity contribution >= 4 is 23.6 Å². The molecule has 0 unspecified atom stereocenters. The van der Waals surface area contributed by atoms with Crippen molar-refractivity contribution < 1.29 is 27.9 Å². The number of carboxylic acids is 1. The third-order valence-corrected chi connectivity index (χ3v) is 4.38. The van der Waals surface area contributed by atoms with Gasteiger partial charge in [0.25, 0.3) is 0 Å². The Balaban J connectivity index is 0.000000396. The zero-order chi connectivity index (χ0) is 22.3. The molecule has 1 aromatic heterocycles. The van der Waals surface area contributed by atoms with Crippen LogP contribution in [0.25, 0.3) is 5.69 Å². The molecular formula is C18H21ClF3N5O3. The van der Waals surface area contributed by atoms with Crippen LogP contribution in [0.4, 0.5) is 18.0 Å². The van der Waals surface area contributed by atoms with Crippen LogP contribution in [0.5, 0.6) is 0 Å². The number of carboxylic acid groups (broad SMARTS) is 1. The molecule has 2 amide bonds. The zero-order valence-corrected chi connectivity index (χ0v) is 16.7. The summed E-state index contributed by atoms with van der Waals surface area (Å²) in [5.41, 5.74) is 1.61. The fourth-order valence-corrected chi connectivity index (χ4v) is 2.84. The van der Waals surface area contributed by atoms with Crippen molar-refractivity contribution in [3.05, 3.63) is 47.2 Å². The summed E-state index contributed by atoms with van der Waals surface area (Å²) in [7, 11) is 0. The van der Waals surface area contributed by atoms with Crippen LogP contribution in [0.15, 0.2) is 36.5 Å². The SMILES string of the molecule is C[C@@H]1CN(C(=O)NCc2ccn(-c3ccccc3Cl)n2)CCN1.O=C(O)C(F)(F)F. The van der Waals surface area contributed by atoms with E-state index < -0.39 is 12.1 Å². The van der Waals surface area contributed by atoms with E-state index in [0.717, 1.165) is 31.0 Å². The van der Waals surface area contributed by atoms with Crippen molar-refractivity contribution in [2.45, 2.75) is 25.7 Å². The van der Waals surface area contributed by atoms with Gasteiger partial charge in [-0.25, -0.2) is 14.3 Å². The van der Waals surface area contributed by atoms with Crippen molar-refractivity contribution in [2.24, 2.45) is 0 Å². The van der Waals surface area contributed by atoms with Crippen LogP contribution in [0.2, 0.25) is 5.02 Å². The van der Waals surface area contributed by atoms with Gasteiger partial charge in [0.05, 0.1) is 22.9 Å². The van der Waals surface area contributed by atoms with Crippen molar-refractivity contribution in [3.63, 3.8) is 0 Å². The maximum Gasteiger partial charge on any atom is 0.490 e. The lowest BCUT2D eigenvalue weighted by Crippen LogP contribution is -2.53. The highest BCUT2D eigenvalue weighted by atomic mass is 35.5. The average molecular weight is 448 g/mol. The average Bonchev–Trinajstić information content (AvgIpc) is 3.15. The number of aromatic nitrogens is 2. The second-order valence-electron chi connectivity index (χ2n) is 6.47. The van der Waals surface area contributed by atoms with Gasteiger partial charge >= 0.3 is 18.2 Å². The van der Waals surface area contributed by atoms with E-state index in [1.165, 1.54) is 0 Å². The standard InChI is InChI=1S/C16H20ClN5O.C2HF3O2/c1-12-11-21(9-7-18-12)16(23)19-10-13-6-8-22(20-13)15-5-3-2-4-14(15)17;3-2(4,5)1(6)7/h2-6,8,12,18H,7,9-11H2,1H3,(H,19,23);(H,6,7)/t12-;/m1./s1. The van der Waals surface area contributed by atoms with E-state index in [0.29, 0.717) is 17.6 Å². The first-order valence-electron chi connectivity index (χ1n) is 8.93. The van der Waals surface area contributed by atoms with Crippen LogP contribution >= 0.6 is 11.6 Å².